The third-order valence-electron chi connectivity index (χ3n) is 6.53. The van der Waals surface area contributed by atoms with E-state index in [1.54, 1.807) is 6.20 Å². The maximum atomic E-state index is 13.0. The summed E-state index contributed by atoms with van der Waals surface area (Å²) >= 11 is 1.30. The van der Waals surface area contributed by atoms with Crippen molar-refractivity contribution in [1.82, 2.24) is 15.3 Å². The van der Waals surface area contributed by atoms with Crippen molar-refractivity contribution < 1.29 is 9.90 Å². The Balaban J connectivity index is 1.28. The number of aromatic nitrogens is 2. The van der Waals surface area contributed by atoms with Gasteiger partial charge in [-0.1, -0.05) is 6.07 Å². The number of aliphatic hydroxyl groups excluding tert-OH is 1. The van der Waals surface area contributed by atoms with Crippen molar-refractivity contribution in [3.05, 3.63) is 46.1 Å². The lowest BCUT2D eigenvalue weighted by atomic mass is 9.87. The molecule has 3 aromatic rings. The number of nitrogens with one attached hydrogen (secondary N) is 1. The normalized spacial score (nSPS) is 21.2. The third kappa shape index (κ3) is 4.17. The summed E-state index contributed by atoms with van der Waals surface area (Å²) in [6.45, 7) is 3.58. The first-order valence-corrected chi connectivity index (χ1v) is 12.2. The molecule has 1 fully saturated rings. The fraction of sp³-hybridized carbons (Fsp3) is 0.458. The monoisotopic (exact) mass is 451 g/mol. The Bertz CT molecular complexity index is 1160. The molecule has 1 aliphatic carbocycles. The molecule has 0 bridgehead atoms. The van der Waals surface area contributed by atoms with Crippen molar-refractivity contribution in [1.29, 1.82) is 0 Å². The van der Waals surface area contributed by atoms with Crippen LogP contribution in [0.25, 0.3) is 10.3 Å². The van der Waals surface area contributed by atoms with E-state index in [4.69, 9.17) is 5.73 Å². The molecule has 0 saturated carbocycles. The highest BCUT2D eigenvalue weighted by Crippen LogP contribution is 2.32. The highest BCUT2D eigenvalue weighted by Gasteiger charge is 2.25. The van der Waals surface area contributed by atoms with Crippen molar-refractivity contribution in [3.63, 3.8) is 0 Å². The van der Waals surface area contributed by atoms with Crippen LogP contribution in [0, 0.1) is 6.92 Å². The van der Waals surface area contributed by atoms with Crippen LogP contribution < -0.4 is 16.0 Å². The maximum Gasteiger partial charge on any atom is 0.263 e. The van der Waals surface area contributed by atoms with Crippen LogP contribution in [0.5, 0.6) is 0 Å². The second kappa shape index (κ2) is 8.67. The Morgan fingerprint density at radius 2 is 2.16 bits per heavy atom. The van der Waals surface area contributed by atoms with Crippen LogP contribution in [-0.2, 0) is 12.8 Å². The van der Waals surface area contributed by atoms with Crippen molar-refractivity contribution in [3.8, 4) is 0 Å². The van der Waals surface area contributed by atoms with Crippen LogP contribution in [0.2, 0.25) is 0 Å². The molecular formula is C24H29N5O2S. The number of nitrogens with two attached hydrogens (primary N) is 1. The average molecular weight is 452 g/mol. The molecule has 2 aliphatic rings. The smallest absolute Gasteiger partial charge is 0.263 e. The summed E-state index contributed by atoms with van der Waals surface area (Å²) in [5.74, 6) is -0.145. The number of rotatable bonds is 3. The Hall–Kier alpha value is -2.71. The SMILES string of the molecule is Cc1cnc2c(N)c(C(=O)N[C@H]3CCc4cc(N5CCCC[C@@H](O)C5)ccc4C3)sc2n1. The van der Waals surface area contributed by atoms with E-state index in [1.807, 2.05) is 6.92 Å². The van der Waals surface area contributed by atoms with Gasteiger partial charge in [-0.15, -0.1) is 11.3 Å². The van der Waals surface area contributed by atoms with Crippen LogP contribution in [0.15, 0.2) is 24.4 Å². The lowest BCUT2D eigenvalue weighted by Crippen LogP contribution is -2.39. The number of β-amino-alcohol motifs (C(OH)–C–C–N with tert-alkyl or cyclic N) is 1. The van der Waals surface area contributed by atoms with Crippen LogP contribution in [0.1, 0.15) is 52.2 Å². The summed E-state index contributed by atoms with van der Waals surface area (Å²) in [6, 6.07) is 6.69. The maximum absolute atomic E-state index is 13.0. The number of carbonyl (C=O) groups is 1. The van der Waals surface area contributed by atoms with Crippen LogP contribution in [0.4, 0.5) is 11.4 Å². The fourth-order valence-corrected chi connectivity index (χ4v) is 5.81. The molecule has 168 valence electrons. The molecule has 32 heavy (non-hydrogen) atoms. The lowest BCUT2D eigenvalue weighted by Gasteiger charge is -2.29. The van der Waals surface area contributed by atoms with E-state index in [2.05, 4.69) is 38.4 Å². The minimum Gasteiger partial charge on any atom is -0.396 e. The topological polar surface area (TPSA) is 104 Å². The molecule has 3 heterocycles. The molecule has 0 radical (unpaired) electrons. The first kappa shape index (κ1) is 21.2. The first-order valence-electron chi connectivity index (χ1n) is 11.3. The molecular weight excluding hydrogens is 422 g/mol. The first-order chi connectivity index (χ1) is 15.5. The van der Waals surface area contributed by atoms with Gasteiger partial charge in [0.15, 0.2) is 0 Å². The largest absolute Gasteiger partial charge is 0.396 e. The number of nitrogen functional groups attached to an aromatic ring is 1. The molecule has 0 unspecified atom stereocenters. The van der Waals surface area contributed by atoms with Crippen LogP contribution >= 0.6 is 11.3 Å². The number of carbonyl (C=O) groups excluding carboxylic acids is 1. The van der Waals surface area contributed by atoms with Gasteiger partial charge in [0.05, 0.1) is 17.5 Å². The average Bonchev–Trinajstić information content (AvgIpc) is 2.95. The molecule has 7 nitrogen and oxygen atoms in total. The number of fused-ring (bicyclic) bond motifs is 2. The van der Waals surface area contributed by atoms with E-state index < -0.39 is 0 Å². The summed E-state index contributed by atoms with van der Waals surface area (Å²) < 4.78 is 0. The fourth-order valence-electron chi connectivity index (χ4n) is 4.81. The third-order valence-corrected chi connectivity index (χ3v) is 7.62. The molecule has 2 aromatic heterocycles. The van der Waals surface area contributed by atoms with Crippen molar-refractivity contribution in [2.24, 2.45) is 0 Å². The zero-order valence-electron chi connectivity index (χ0n) is 18.3. The summed E-state index contributed by atoms with van der Waals surface area (Å²) in [4.78, 5) is 25.2. The number of nitrogens with zero attached hydrogens (tertiary/aromatic N) is 3. The molecule has 1 aliphatic heterocycles. The number of anilines is 2. The van der Waals surface area contributed by atoms with Crippen LogP contribution in [0.3, 0.4) is 0 Å². The van der Waals surface area contributed by atoms with Crippen molar-refractivity contribution in [2.75, 3.05) is 23.7 Å². The molecule has 8 heteroatoms. The Kier molecular flexibility index (Phi) is 5.73. The van der Waals surface area contributed by atoms with Crippen LogP contribution in [-0.4, -0.2) is 46.2 Å². The number of aryl methyl sites for hydroxylation is 2. The Morgan fingerprint density at radius 3 is 3.03 bits per heavy atom. The van der Waals surface area contributed by atoms with Gasteiger partial charge in [0.25, 0.3) is 5.91 Å². The van der Waals surface area contributed by atoms with Gasteiger partial charge >= 0.3 is 0 Å². The molecule has 2 atom stereocenters. The van der Waals surface area contributed by atoms with E-state index in [1.165, 1.54) is 28.2 Å². The Labute approximate surface area is 191 Å². The van der Waals surface area contributed by atoms with E-state index in [0.717, 1.165) is 50.8 Å². The number of amides is 1. The number of thiophene rings is 1. The summed E-state index contributed by atoms with van der Waals surface area (Å²) in [7, 11) is 0. The minimum absolute atomic E-state index is 0.0770. The van der Waals surface area contributed by atoms with Gasteiger partial charge in [0.2, 0.25) is 0 Å². The second-order valence-electron chi connectivity index (χ2n) is 8.97. The van der Waals surface area contributed by atoms with Gasteiger partial charge in [0, 0.05) is 31.0 Å². The number of hydrogen-bond donors (Lipinski definition) is 3. The number of hydrogen-bond acceptors (Lipinski definition) is 7. The highest BCUT2D eigenvalue weighted by molar-refractivity contribution is 7.21. The van der Waals surface area contributed by atoms with E-state index >= 15 is 0 Å². The van der Waals surface area contributed by atoms with Gasteiger partial charge in [0.1, 0.15) is 15.2 Å². The molecule has 5 rings (SSSR count). The summed E-state index contributed by atoms with van der Waals surface area (Å²) in [6.07, 6.45) is 7.15. The van der Waals surface area contributed by atoms with Crippen molar-refractivity contribution >= 4 is 39.0 Å². The van der Waals surface area contributed by atoms with Gasteiger partial charge < -0.3 is 21.1 Å². The molecule has 1 saturated heterocycles. The predicted molar refractivity (Wildman–Crippen MR) is 128 cm³/mol. The summed E-state index contributed by atoms with van der Waals surface area (Å²) in [5, 5.41) is 13.3. The van der Waals surface area contributed by atoms with E-state index in [0.29, 0.717) is 27.5 Å². The van der Waals surface area contributed by atoms with E-state index in [9.17, 15) is 9.90 Å². The van der Waals surface area contributed by atoms with E-state index in [-0.39, 0.29) is 18.1 Å². The second-order valence-corrected chi connectivity index (χ2v) is 9.97. The van der Waals surface area contributed by atoms with Gasteiger partial charge in [-0.05, 0) is 68.7 Å². The quantitative estimate of drug-likeness (QED) is 0.565. The molecule has 4 N–H and O–H groups in total. The van der Waals surface area contributed by atoms with Gasteiger partial charge in [-0.3, -0.25) is 4.79 Å². The number of aliphatic hydroxyl groups is 1. The number of benzene rings is 1. The molecule has 1 aromatic carbocycles. The summed E-state index contributed by atoms with van der Waals surface area (Å²) in [5.41, 5.74) is 11.8. The Morgan fingerprint density at radius 1 is 1.28 bits per heavy atom. The van der Waals surface area contributed by atoms with Crippen molar-refractivity contribution in [2.45, 2.75) is 57.6 Å². The van der Waals surface area contributed by atoms with Gasteiger partial charge in [-0.2, -0.15) is 0 Å². The zero-order valence-corrected chi connectivity index (χ0v) is 19.1. The standard InChI is InChI=1S/C24H29N5O2S/c1-14-12-26-21-20(25)22(32-24(21)27-14)23(31)28-17-7-5-16-11-18(8-6-15(16)10-17)29-9-3-2-4-19(30)13-29/h6,8,11-12,17,19,30H,2-5,7,9-10,13,25H2,1H3,(H,28,31)/t17-,19+/m0/s1. The van der Waals surface area contributed by atoms with Gasteiger partial charge in [-0.25, -0.2) is 9.97 Å². The lowest BCUT2D eigenvalue weighted by molar-refractivity contribution is 0.0938. The highest BCUT2D eigenvalue weighted by atomic mass is 32.1. The minimum atomic E-state index is -0.247. The predicted octanol–water partition coefficient (Wildman–Crippen LogP) is 3.22. The molecule has 0 spiro atoms. The molecule has 1 amide bonds. The zero-order chi connectivity index (χ0) is 22.2.